The Balaban J connectivity index is 0.000000196. The van der Waals surface area contributed by atoms with Crippen LogP contribution in [0.15, 0.2) is 138 Å². The Morgan fingerprint density at radius 1 is 0.769 bits per heavy atom. The van der Waals surface area contributed by atoms with Crippen LogP contribution in [0.25, 0.3) is 49.6 Å². The molecule has 0 N–H and O–H groups in total. The predicted molar refractivity (Wildman–Crippen MR) is 273 cm³/mol. The molecule has 332 valence electrons. The molecule has 2 aromatic heterocycles. The van der Waals surface area contributed by atoms with E-state index in [-0.39, 0.29) is 37.8 Å². The molecule has 1 atom stereocenters. The summed E-state index contributed by atoms with van der Waals surface area (Å²) in [4.78, 5) is 7.08. The van der Waals surface area contributed by atoms with E-state index in [4.69, 9.17) is 16.6 Å². The van der Waals surface area contributed by atoms with Crippen molar-refractivity contribution in [1.29, 1.82) is 0 Å². The molecule has 2 aliphatic rings. The van der Waals surface area contributed by atoms with E-state index in [1.807, 2.05) is 30.5 Å². The number of furan rings is 1. The summed E-state index contributed by atoms with van der Waals surface area (Å²) in [6.07, 6.45) is 5.46. The molecular formula is C59H62IrN3OSi. The second-order valence-electron chi connectivity index (χ2n) is 19.1. The van der Waals surface area contributed by atoms with Crippen LogP contribution in [0.3, 0.4) is 0 Å². The van der Waals surface area contributed by atoms with E-state index in [0.717, 1.165) is 75.3 Å². The number of anilines is 2. The minimum Gasteiger partial charge on any atom is -0.661 e. The number of aromatic nitrogens is 1. The molecule has 6 aromatic carbocycles. The van der Waals surface area contributed by atoms with Gasteiger partial charge in [0.2, 0.25) is 0 Å². The van der Waals surface area contributed by atoms with Gasteiger partial charge in [-0.2, -0.15) is 17.7 Å². The number of hydrogen-bond donors (Lipinski definition) is 0. The van der Waals surface area contributed by atoms with Crippen molar-refractivity contribution in [3.8, 4) is 22.4 Å². The first-order valence-corrected chi connectivity index (χ1v) is 26.6. The van der Waals surface area contributed by atoms with E-state index in [9.17, 15) is 0 Å². The number of aryl methyl sites for hydroxylation is 1. The minimum atomic E-state index is -2.16. The number of pyridine rings is 1. The quantitative estimate of drug-likeness (QED) is 0.107. The Kier molecular flexibility index (Phi) is 12.1. The van der Waals surface area contributed by atoms with Gasteiger partial charge in [-0.25, -0.2) is 0 Å². The Morgan fingerprint density at radius 2 is 1.48 bits per heavy atom. The summed E-state index contributed by atoms with van der Waals surface area (Å²) < 4.78 is 46.8. The van der Waals surface area contributed by atoms with Gasteiger partial charge in [-0.3, -0.25) is 0 Å². The minimum absolute atomic E-state index is 0. The number of nitrogens with zero attached hydrogens (tertiary/aromatic N) is 3. The number of rotatable bonds is 9. The van der Waals surface area contributed by atoms with Crippen molar-refractivity contribution in [2.75, 3.05) is 4.90 Å². The van der Waals surface area contributed by atoms with Crippen molar-refractivity contribution in [2.45, 2.75) is 111 Å². The average molecular weight is 1050 g/mol. The molecular weight excluding hydrogens is 987 g/mol. The molecule has 4 nitrogen and oxygen atoms in total. The molecule has 1 aliphatic heterocycles. The first-order valence-electron chi connectivity index (χ1n) is 25.6. The average Bonchev–Trinajstić information content (AvgIpc) is 3.92. The van der Waals surface area contributed by atoms with Gasteiger partial charge in [-0.15, -0.1) is 47.1 Å². The third-order valence-corrected chi connectivity index (χ3v) is 14.8. The molecule has 6 heteroatoms. The van der Waals surface area contributed by atoms with Crippen LogP contribution in [0.4, 0.5) is 17.1 Å². The van der Waals surface area contributed by atoms with E-state index >= 15 is 0 Å². The van der Waals surface area contributed by atoms with E-state index in [2.05, 4.69) is 154 Å². The third-order valence-electron chi connectivity index (χ3n) is 12.8. The molecule has 10 rings (SSSR count). The van der Waals surface area contributed by atoms with Crippen LogP contribution in [-0.4, -0.2) is 13.1 Å². The summed E-state index contributed by atoms with van der Waals surface area (Å²) in [5.74, 6) is 0.686. The first-order chi connectivity index (χ1) is 32.9. The molecule has 1 fully saturated rings. The summed E-state index contributed by atoms with van der Waals surface area (Å²) in [6, 6.07) is 49.7. The maximum Gasteiger partial charge on any atom is 3.00 e. The normalized spacial score (nSPS) is 16.7. The molecule has 0 amide bonds. The Labute approximate surface area is 409 Å². The van der Waals surface area contributed by atoms with Gasteiger partial charge in [-0.05, 0) is 87.7 Å². The number of benzene rings is 6. The van der Waals surface area contributed by atoms with Crippen molar-refractivity contribution in [3.05, 3.63) is 179 Å². The van der Waals surface area contributed by atoms with Crippen LogP contribution < -0.4 is 10.1 Å². The Hall–Kier alpha value is -5.26. The zero-order valence-corrected chi connectivity index (χ0v) is 42.0. The van der Waals surface area contributed by atoms with Crippen molar-refractivity contribution in [3.63, 3.8) is 0 Å². The molecule has 1 saturated carbocycles. The van der Waals surface area contributed by atoms with Gasteiger partial charge < -0.3 is 19.6 Å². The molecule has 0 spiro atoms. The van der Waals surface area contributed by atoms with Crippen molar-refractivity contribution >= 4 is 52.3 Å². The largest absolute Gasteiger partial charge is 3.00 e. The predicted octanol–water partition coefficient (Wildman–Crippen LogP) is 16.7. The van der Waals surface area contributed by atoms with Crippen molar-refractivity contribution in [2.24, 2.45) is 5.92 Å². The van der Waals surface area contributed by atoms with Crippen LogP contribution in [0.1, 0.15) is 112 Å². The molecule has 3 heterocycles. The van der Waals surface area contributed by atoms with Gasteiger partial charge >= 0.3 is 20.1 Å². The fourth-order valence-corrected chi connectivity index (χ4v) is 10.8. The van der Waals surface area contributed by atoms with Crippen molar-refractivity contribution in [1.82, 2.24) is 4.98 Å². The Bertz CT molecular complexity index is 3070. The maximum absolute atomic E-state index is 9.03. The van der Waals surface area contributed by atoms with Gasteiger partial charge in [0.25, 0.3) is 0 Å². The molecule has 65 heavy (non-hydrogen) atoms. The van der Waals surface area contributed by atoms with Crippen molar-refractivity contribution < 1.29 is 31.4 Å². The monoisotopic (exact) mass is 1050 g/mol. The summed E-state index contributed by atoms with van der Waals surface area (Å²) >= 11 is 0. The van der Waals surface area contributed by atoms with E-state index in [1.165, 1.54) is 40.4 Å². The fourth-order valence-electron chi connectivity index (χ4n) is 9.39. The third kappa shape index (κ3) is 9.82. The Morgan fingerprint density at radius 3 is 2.17 bits per heavy atom. The number of fused-ring (bicyclic) bond motifs is 4. The zero-order chi connectivity index (χ0) is 48.8. The van der Waals surface area contributed by atoms with E-state index < -0.39 is 21.3 Å². The molecule has 1 unspecified atom stereocenters. The van der Waals surface area contributed by atoms with Gasteiger partial charge in [0.1, 0.15) is 5.58 Å². The standard InChI is InChI=1S/C37H32N2O.C22H30NSi.Ir/c1-23(2)29-21-27(25-12-6-5-7-13-25)22-30(24(3)4)36(29)39-33-16-10-9-15-32(33)38-37(39)26-18-19-35-31(20-26)28-14-8-11-17-34(28)40-35;1-17-10-12-19(13-11-17)21-15-20(14-18-8-6-5-7-9-18)22(16-23-21)24(2,3)4;/h5-17,19-24,37H,1-4H3;10-12,15-16,18H,5-9,14H2,1-4H3;/q-2;-1;+3/i;1D3,14D2;. The van der Waals surface area contributed by atoms with E-state index in [0.29, 0.717) is 23.1 Å². The number of hydrogen-bond acceptors (Lipinski definition) is 3. The van der Waals surface area contributed by atoms with Gasteiger partial charge in [0, 0.05) is 35.4 Å². The topological polar surface area (TPSA) is 43.4 Å². The smallest absolute Gasteiger partial charge is 0.661 e. The molecule has 0 bridgehead atoms. The molecule has 0 saturated heterocycles. The summed E-state index contributed by atoms with van der Waals surface area (Å²) in [7, 11) is -1.80. The SMILES string of the molecule is CC(C)c1cc(-c2ccccc2)cc(C(C)C)c1N1c2ccccc2[N-]C1c1[c-]cc2oc3ccccc3c2c1.[2H]C([2H])([2H])c1c[c-]c(-c2cc(C([2H])([2H])C3CCCCC3)c([Si](C)(C)C)cn2)cc1.[Ir+3]. The molecule has 1 aliphatic carbocycles. The van der Waals surface area contributed by atoms with Crippen LogP contribution in [0, 0.1) is 24.9 Å². The summed E-state index contributed by atoms with van der Waals surface area (Å²) in [5.41, 5.74) is 13.7. The first kappa shape index (κ1) is 40.0. The van der Waals surface area contributed by atoms with Gasteiger partial charge in [0.05, 0.1) is 8.07 Å². The maximum atomic E-state index is 9.03. The molecule has 8 aromatic rings. The van der Waals surface area contributed by atoms with Gasteiger partial charge in [0.15, 0.2) is 0 Å². The van der Waals surface area contributed by atoms with E-state index in [1.54, 1.807) is 12.1 Å². The van der Waals surface area contributed by atoms with Crippen LogP contribution in [0.2, 0.25) is 19.6 Å². The summed E-state index contributed by atoms with van der Waals surface area (Å²) in [5, 5.41) is 8.58. The van der Waals surface area contributed by atoms with Crippen LogP contribution in [-0.2, 0) is 26.5 Å². The van der Waals surface area contributed by atoms with Crippen LogP contribution in [0.5, 0.6) is 0 Å². The molecule has 0 radical (unpaired) electrons. The van der Waals surface area contributed by atoms with Gasteiger partial charge in [-0.1, -0.05) is 170 Å². The summed E-state index contributed by atoms with van der Waals surface area (Å²) in [6.45, 7) is 13.7. The zero-order valence-electron chi connectivity index (χ0n) is 43.6. The second kappa shape index (κ2) is 19.7. The fraction of sp³-hybridized carbons (Fsp3) is 0.305. The second-order valence-corrected chi connectivity index (χ2v) is 24.2. The number of para-hydroxylation sites is 3. The van der Waals surface area contributed by atoms with Crippen LogP contribution >= 0.6 is 0 Å².